The fourth-order valence-corrected chi connectivity index (χ4v) is 2.13. The van der Waals surface area contributed by atoms with Gasteiger partial charge < -0.3 is 14.8 Å². The molecule has 1 aromatic heterocycles. The van der Waals surface area contributed by atoms with Crippen molar-refractivity contribution in [2.24, 2.45) is 0 Å². The van der Waals surface area contributed by atoms with Gasteiger partial charge in [-0.3, -0.25) is 15.1 Å². The summed E-state index contributed by atoms with van der Waals surface area (Å²) >= 11 is 0. The second kappa shape index (κ2) is 10.1. The summed E-state index contributed by atoms with van der Waals surface area (Å²) in [5.41, 5.74) is 2.43. The quantitative estimate of drug-likeness (QED) is 0.684. The highest BCUT2D eigenvalue weighted by Crippen LogP contribution is 2.14. The number of hydrogen-bond donors (Lipinski definition) is 2. The Balaban J connectivity index is 1.82. The number of aromatic nitrogens is 1. The zero-order valence-electron chi connectivity index (χ0n) is 15.7. The van der Waals surface area contributed by atoms with Crippen molar-refractivity contribution in [3.05, 3.63) is 53.3 Å². The number of carbonyl (C=O) groups excluding carboxylic acids is 3. The van der Waals surface area contributed by atoms with E-state index in [0.29, 0.717) is 5.69 Å². The average molecular weight is 407 g/mol. The molecule has 0 fully saturated rings. The smallest absolute Gasteiger partial charge is 0.340 e. The number of anilines is 1. The van der Waals surface area contributed by atoms with Crippen LogP contribution in [0.1, 0.15) is 21.5 Å². The van der Waals surface area contributed by atoms with Crippen LogP contribution >= 0.6 is 0 Å². The minimum atomic E-state index is -2.68. The third kappa shape index (κ3) is 7.17. The van der Waals surface area contributed by atoms with Gasteiger partial charge in [0.05, 0.1) is 11.8 Å². The van der Waals surface area contributed by atoms with Gasteiger partial charge in [0.15, 0.2) is 6.61 Å². The Labute approximate surface area is 165 Å². The van der Waals surface area contributed by atoms with Crippen LogP contribution in [0.25, 0.3) is 0 Å². The highest BCUT2D eigenvalue weighted by atomic mass is 19.3. The van der Waals surface area contributed by atoms with E-state index in [1.165, 1.54) is 0 Å². The molecule has 0 spiro atoms. The number of nitrogens with zero attached hydrogens (tertiary/aromatic N) is 1. The van der Waals surface area contributed by atoms with Crippen LogP contribution in [0.2, 0.25) is 0 Å². The van der Waals surface area contributed by atoms with Gasteiger partial charge in [0.1, 0.15) is 12.4 Å². The molecule has 2 rings (SSSR count). The number of esters is 1. The van der Waals surface area contributed by atoms with Crippen LogP contribution in [0.15, 0.2) is 36.7 Å². The lowest BCUT2D eigenvalue weighted by molar-refractivity contribution is -0.123. The molecule has 0 radical (unpaired) electrons. The number of halogens is 2. The lowest BCUT2D eigenvalue weighted by Gasteiger charge is -2.09. The van der Waals surface area contributed by atoms with Crippen LogP contribution in [-0.2, 0) is 9.53 Å². The zero-order chi connectivity index (χ0) is 21.4. The molecular weight excluding hydrogens is 388 g/mol. The number of urea groups is 1. The molecule has 154 valence electrons. The number of ether oxygens (including phenoxy) is 2. The molecule has 0 aliphatic heterocycles. The third-order valence-corrected chi connectivity index (χ3v) is 3.68. The molecule has 0 aliphatic carbocycles. The number of alkyl halides is 2. The summed E-state index contributed by atoms with van der Waals surface area (Å²) in [5.74, 6) is -1.82. The molecule has 2 N–H and O–H groups in total. The zero-order valence-corrected chi connectivity index (χ0v) is 15.7. The summed E-state index contributed by atoms with van der Waals surface area (Å²) in [6.45, 7) is 2.23. The lowest BCUT2D eigenvalue weighted by atomic mass is 10.1. The molecule has 1 heterocycles. The fourth-order valence-electron chi connectivity index (χ4n) is 2.13. The number of pyridine rings is 1. The van der Waals surface area contributed by atoms with Crippen LogP contribution in [0.3, 0.4) is 0 Å². The Bertz CT molecular complexity index is 905. The van der Waals surface area contributed by atoms with Crippen molar-refractivity contribution in [3.63, 3.8) is 0 Å². The molecule has 0 bridgehead atoms. The van der Waals surface area contributed by atoms with E-state index in [4.69, 9.17) is 9.47 Å². The van der Waals surface area contributed by atoms with E-state index in [1.54, 1.807) is 12.1 Å². The normalized spacial score (nSPS) is 10.4. The van der Waals surface area contributed by atoms with Crippen LogP contribution < -0.4 is 15.4 Å². The maximum Gasteiger partial charge on any atom is 0.340 e. The predicted molar refractivity (Wildman–Crippen MR) is 99.1 cm³/mol. The molecule has 8 nitrogen and oxygen atoms in total. The van der Waals surface area contributed by atoms with Gasteiger partial charge in [-0.15, -0.1) is 0 Å². The number of amides is 3. The van der Waals surface area contributed by atoms with Crippen molar-refractivity contribution >= 4 is 23.6 Å². The second-order valence-corrected chi connectivity index (χ2v) is 5.99. The Hall–Kier alpha value is -3.56. The van der Waals surface area contributed by atoms with Gasteiger partial charge in [0, 0.05) is 11.9 Å². The molecule has 10 heteroatoms. The lowest BCUT2D eigenvalue weighted by Crippen LogP contribution is -2.37. The average Bonchev–Trinajstić information content (AvgIpc) is 2.67. The van der Waals surface area contributed by atoms with E-state index in [-0.39, 0.29) is 11.3 Å². The van der Waals surface area contributed by atoms with Crippen LogP contribution in [-0.4, -0.2) is 42.5 Å². The van der Waals surface area contributed by atoms with Crippen molar-refractivity contribution in [2.75, 3.05) is 18.5 Å². The molecular formula is C19H19F2N3O5. The van der Waals surface area contributed by atoms with Crippen molar-refractivity contribution in [1.82, 2.24) is 10.3 Å². The Morgan fingerprint density at radius 2 is 1.86 bits per heavy atom. The highest BCUT2D eigenvalue weighted by Gasteiger charge is 2.14. The minimum absolute atomic E-state index is 0.0445. The van der Waals surface area contributed by atoms with E-state index in [9.17, 15) is 23.2 Å². The summed E-state index contributed by atoms with van der Waals surface area (Å²) in [5, 5.41) is 4.52. The summed E-state index contributed by atoms with van der Waals surface area (Å²) in [6, 6.07) is 5.63. The topological polar surface area (TPSA) is 107 Å². The number of aryl methyl sites for hydroxylation is 2. The van der Waals surface area contributed by atoms with E-state index in [2.05, 4.69) is 10.3 Å². The summed E-state index contributed by atoms with van der Waals surface area (Å²) in [7, 11) is 0. The first-order valence-corrected chi connectivity index (χ1v) is 8.46. The number of rotatable bonds is 7. The predicted octanol–water partition coefficient (Wildman–Crippen LogP) is 2.85. The number of benzene rings is 1. The van der Waals surface area contributed by atoms with Gasteiger partial charge in [-0.25, -0.2) is 18.4 Å². The SMILES string of the molecule is Cc1ccc(NC(=O)NC(=O)COC(=O)c2cncc(OCC(F)F)c2)cc1C. The van der Waals surface area contributed by atoms with Gasteiger partial charge in [0.2, 0.25) is 0 Å². The molecule has 0 saturated heterocycles. The Kier molecular flexibility index (Phi) is 7.58. The van der Waals surface area contributed by atoms with Crippen molar-refractivity contribution in [1.29, 1.82) is 0 Å². The summed E-state index contributed by atoms with van der Waals surface area (Å²) in [6.07, 6.45) is -0.394. The summed E-state index contributed by atoms with van der Waals surface area (Å²) in [4.78, 5) is 39.2. The van der Waals surface area contributed by atoms with Crippen molar-refractivity contribution < 1.29 is 32.6 Å². The van der Waals surface area contributed by atoms with Crippen molar-refractivity contribution in [2.45, 2.75) is 20.3 Å². The maximum atomic E-state index is 12.2. The standard InChI is InChI=1S/C19H19F2N3O5/c1-11-3-4-14(5-12(11)2)23-19(27)24-17(25)10-29-18(26)13-6-15(8-22-7-13)28-9-16(20)21/h3-8,16H,9-10H2,1-2H3,(H2,23,24,25,27). The number of nitrogens with one attached hydrogen (secondary N) is 2. The first kappa shape index (κ1) is 21.7. The number of imide groups is 1. The molecule has 0 aliphatic rings. The first-order chi connectivity index (χ1) is 13.7. The van der Waals surface area contributed by atoms with E-state index in [0.717, 1.165) is 29.6 Å². The first-order valence-electron chi connectivity index (χ1n) is 8.46. The van der Waals surface area contributed by atoms with Gasteiger partial charge in [-0.2, -0.15) is 0 Å². The van der Waals surface area contributed by atoms with Gasteiger partial charge in [0.25, 0.3) is 12.3 Å². The second-order valence-electron chi connectivity index (χ2n) is 5.99. The van der Waals surface area contributed by atoms with Gasteiger partial charge in [-0.1, -0.05) is 6.07 Å². The van der Waals surface area contributed by atoms with Crippen LogP contribution in [0.5, 0.6) is 5.75 Å². The van der Waals surface area contributed by atoms with Crippen LogP contribution in [0, 0.1) is 13.8 Å². The summed E-state index contributed by atoms with van der Waals surface area (Å²) < 4.78 is 33.8. The third-order valence-electron chi connectivity index (χ3n) is 3.68. The number of hydrogen-bond acceptors (Lipinski definition) is 6. The molecule has 0 atom stereocenters. The minimum Gasteiger partial charge on any atom is -0.486 e. The monoisotopic (exact) mass is 407 g/mol. The van der Waals surface area contributed by atoms with E-state index in [1.807, 2.05) is 25.2 Å². The highest BCUT2D eigenvalue weighted by molar-refractivity contribution is 6.02. The molecule has 1 aromatic carbocycles. The maximum absolute atomic E-state index is 12.2. The Morgan fingerprint density at radius 1 is 1.10 bits per heavy atom. The molecule has 0 saturated carbocycles. The van der Waals surface area contributed by atoms with E-state index >= 15 is 0 Å². The van der Waals surface area contributed by atoms with E-state index < -0.39 is 37.5 Å². The molecule has 2 aromatic rings. The molecule has 29 heavy (non-hydrogen) atoms. The molecule has 3 amide bonds. The number of carbonyl (C=O) groups is 3. The van der Waals surface area contributed by atoms with Crippen molar-refractivity contribution in [3.8, 4) is 5.75 Å². The largest absolute Gasteiger partial charge is 0.486 e. The molecule has 0 unspecified atom stereocenters. The fraction of sp³-hybridized carbons (Fsp3) is 0.263. The van der Waals surface area contributed by atoms with Gasteiger partial charge >= 0.3 is 12.0 Å². The Morgan fingerprint density at radius 3 is 2.55 bits per heavy atom. The van der Waals surface area contributed by atoms with Gasteiger partial charge in [-0.05, 0) is 43.2 Å². The van der Waals surface area contributed by atoms with Crippen LogP contribution in [0.4, 0.5) is 19.3 Å².